The first-order valence-corrected chi connectivity index (χ1v) is 4.73. The molecule has 0 aliphatic rings. The van der Waals surface area contributed by atoms with Crippen LogP contribution in [0.3, 0.4) is 0 Å². The molecule has 0 unspecified atom stereocenters. The number of hydrogen-bond donors (Lipinski definition) is 2. The molecule has 0 fully saturated rings. The van der Waals surface area contributed by atoms with Gasteiger partial charge in [-0.15, -0.1) is 0 Å². The molecule has 1 rings (SSSR count). The molecule has 0 atom stereocenters. The zero-order valence-corrected chi connectivity index (χ0v) is 9.04. The maximum absolute atomic E-state index is 5.63. The molecule has 4 heteroatoms. The van der Waals surface area contributed by atoms with Gasteiger partial charge in [-0.05, 0) is 25.6 Å². The summed E-state index contributed by atoms with van der Waals surface area (Å²) in [6.45, 7) is 3.91. The minimum Gasteiger partial charge on any atom is -0.397 e. The summed E-state index contributed by atoms with van der Waals surface area (Å²) < 4.78 is 0. The largest absolute Gasteiger partial charge is 0.397 e. The van der Waals surface area contributed by atoms with Crippen LogP contribution in [0, 0.1) is 6.92 Å². The standard InChI is InChI=1S/C10H18N4/c1-8-6-9(11)7-13-10(8)14(3)5-4-12-2/h6-7,12H,4-5,11H2,1-3H3. The Labute approximate surface area is 85.1 Å². The van der Waals surface area contributed by atoms with E-state index in [-0.39, 0.29) is 0 Å². The van der Waals surface area contributed by atoms with Crippen LogP contribution in [-0.2, 0) is 0 Å². The smallest absolute Gasteiger partial charge is 0.131 e. The molecule has 0 aliphatic heterocycles. The minimum atomic E-state index is 0.716. The molecule has 1 heterocycles. The Bertz CT molecular complexity index is 298. The fourth-order valence-electron chi connectivity index (χ4n) is 1.37. The van der Waals surface area contributed by atoms with Crippen molar-refractivity contribution in [1.29, 1.82) is 0 Å². The van der Waals surface area contributed by atoms with Gasteiger partial charge in [-0.3, -0.25) is 0 Å². The van der Waals surface area contributed by atoms with E-state index >= 15 is 0 Å². The predicted molar refractivity (Wildman–Crippen MR) is 60.6 cm³/mol. The van der Waals surface area contributed by atoms with E-state index in [9.17, 15) is 0 Å². The number of rotatable bonds is 4. The second-order valence-corrected chi connectivity index (χ2v) is 3.43. The summed E-state index contributed by atoms with van der Waals surface area (Å²) in [5.41, 5.74) is 7.46. The lowest BCUT2D eigenvalue weighted by Gasteiger charge is -2.19. The van der Waals surface area contributed by atoms with E-state index in [1.165, 1.54) is 0 Å². The van der Waals surface area contributed by atoms with E-state index in [0.717, 1.165) is 24.5 Å². The Morgan fingerprint density at radius 2 is 2.29 bits per heavy atom. The van der Waals surface area contributed by atoms with Gasteiger partial charge in [0, 0.05) is 20.1 Å². The third-order valence-corrected chi connectivity index (χ3v) is 2.13. The zero-order valence-electron chi connectivity index (χ0n) is 9.04. The molecule has 0 aliphatic carbocycles. The Morgan fingerprint density at radius 1 is 1.57 bits per heavy atom. The van der Waals surface area contributed by atoms with E-state index in [2.05, 4.69) is 15.2 Å². The quantitative estimate of drug-likeness (QED) is 0.738. The first-order valence-electron chi connectivity index (χ1n) is 4.73. The summed E-state index contributed by atoms with van der Waals surface area (Å²) in [7, 11) is 3.97. The maximum Gasteiger partial charge on any atom is 0.131 e. The van der Waals surface area contributed by atoms with Crippen LogP contribution in [0.1, 0.15) is 5.56 Å². The van der Waals surface area contributed by atoms with Crippen molar-refractivity contribution in [2.75, 3.05) is 37.8 Å². The third-order valence-electron chi connectivity index (χ3n) is 2.13. The van der Waals surface area contributed by atoms with E-state index in [4.69, 9.17) is 5.73 Å². The average Bonchev–Trinajstić information content (AvgIpc) is 2.14. The number of aromatic nitrogens is 1. The van der Waals surface area contributed by atoms with Crippen LogP contribution in [0.15, 0.2) is 12.3 Å². The monoisotopic (exact) mass is 194 g/mol. The first kappa shape index (κ1) is 10.8. The van der Waals surface area contributed by atoms with Crippen LogP contribution in [0.5, 0.6) is 0 Å². The van der Waals surface area contributed by atoms with E-state index in [1.807, 2.05) is 27.1 Å². The second-order valence-electron chi connectivity index (χ2n) is 3.43. The summed E-state index contributed by atoms with van der Waals surface area (Å²) in [4.78, 5) is 6.42. The van der Waals surface area contributed by atoms with E-state index < -0.39 is 0 Å². The number of anilines is 2. The van der Waals surface area contributed by atoms with Crippen molar-refractivity contribution in [3.8, 4) is 0 Å². The van der Waals surface area contributed by atoms with Gasteiger partial charge in [-0.1, -0.05) is 0 Å². The number of nitrogens with zero attached hydrogens (tertiary/aromatic N) is 2. The van der Waals surface area contributed by atoms with Crippen molar-refractivity contribution in [2.45, 2.75) is 6.92 Å². The SMILES string of the molecule is CNCCN(C)c1ncc(N)cc1C. The van der Waals surface area contributed by atoms with Gasteiger partial charge in [-0.25, -0.2) is 4.98 Å². The van der Waals surface area contributed by atoms with Gasteiger partial charge in [-0.2, -0.15) is 0 Å². The molecule has 0 radical (unpaired) electrons. The molecular weight excluding hydrogens is 176 g/mol. The number of nitrogen functional groups attached to an aromatic ring is 1. The number of aryl methyl sites for hydroxylation is 1. The molecule has 1 aromatic heterocycles. The topological polar surface area (TPSA) is 54.2 Å². The Hall–Kier alpha value is -1.29. The number of nitrogens with two attached hydrogens (primary N) is 1. The van der Waals surface area contributed by atoms with Gasteiger partial charge in [0.15, 0.2) is 0 Å². The normalized spacial score (nSPS) is 10.2. The number of nitrogens with one attached hydrogen (secondary N) is 1. The molecule has 78 valence electrons. The first-order chi connectivity index (χ1) is 6.65. The van der Waals surface area contributed by atoms with Crippen molar-refractivity contribution < 1.29 is 0 Å². The number of hydrogen-bond acceptors (Lipinski definition) is 4. The molecule has 3 N–H and O–H groups in total. The van der Waals surface area contributed by atoms with Gasteiger partial charge in [0.2, 0.25) is 0 Å². The van der Waals surface area contributed by atoms with Gasteiger partial charge >= 0.3 is 0 Å². The highest BCUT2D eigenvalue weighted by atomic mass is 15.2. The lowest BCUT2D eigenvalue weighted by Crippen LogP contribution is -2.28. The molecule has 14 heavy (non-hydrogen) atoms. The summed E-state index contributed by atoms with van der Waals surface area (Å²) in [6, 6.07) is 1.94. The fraction of sp³-hybridized carbons (Fsp3) is 0.500. The van der Waals surface area contributed by atoms with Crippen molar-refractivity contribution in [2.24, 2.45) is 0 Å². The van der Waals surface area contributed by atoms with Gasteiger partial charge in [0.1, 0.15) is 5.82 Å². The predicted octanol–water partition coefficient (Wildman–Crippen LogP) is 0.628. The minimum absolute atomic E-state index is 0.716. The van der Waals surface area contributed by atoms with Gasteiger partial charge in [0.25, 0.3) is 0 Å². The molecule has 0 amide bonds. The highest BCUT2D eigenvalue weighted by Crippen LogP contribution is 2.16. The highest BCUT2D eigenvalue weighted by molar-refractivity contribution is 5.52. The molecule has 0 bridgehead atoms. The molecule has 0 spiro atoms. The van der Waals surface area contributed by atoms with Crippen LogP contribution < -0.4 is 16.0 Å². The lowest BCUT2D eigenvalue weighted by molar-refractivity contribution is 0.760. The Morgan fingerprint density at radius 3 is 2.86 bits per heavy atom. The van der Waals surface area contributed by atoms with Crippen LogP contribution in [-0.4, -0.2) is 32.2 Å². The lowest BCUT2D eigenvalue weighted by atomic mass is 10.2. The zero-order chi connectivity index (χ0) is 10.6. The Balaban J connectivity index is 2.74. The van der Waals surface area contributed by atoms with Crippen LogP contribution in [0.2, 0.25) is 0 Å². The summed E-state index contributed by atoms with van der Waals surface area (Å²) in [5.74, 6) is 0.995. The molecular formula is C10H18N4. The molecule has 0 aromatic carbocycles. The highest BCUT2D eigenvalue weighted by Gasteiger charge is 2.05. The third kappa shape index (κ3) is 2.60. The van der Waals surface area contributed by atoms with Crippen molar-refractivity contribution in [3.05, 3.63) is 17.8 Å². The van der Waals surface area contributed by atoms with Gasteiger partial charge < -0.3 is 16.0 Å². The van der Waals surface area contributed by atoms with Crippen molar-refractivity contribution >= 4 is 11.5 Å². The molecule has 4 nitrogen and oxygen atoms in total. The van der Waals surface area contributed by atoms with Crippen LogP contribution in [0.4, 0.5) is 11.5 Å². The molecule has 1 aromatic rings. The number of likely N-dealkylation sites (N-methyl/N-ethyl adjacent to an activating group) is 2. The summed E-state index contributed by atoms with van der Waals surface area (Å²) >= 11 is 0. The molecule has 0 saturated carbocycles. The van der Waals surface area contributed by atoms with E-state index in [1.54, 1.807) is 6.20 Å². The van der Waals surface area contributed by atoms with Crippen molar-refractivity contribution in [1.82, 2.24) is 10.3 Å². The maximum atomic E-state index is 5.63. The molecule has 0 saturated heterocycles. The summed E-state index contributed by atoms with van der Waals surface area (Å²) in [6.07, 6.45) is 1.69. The summed E-state index contributed by atoms with van der Waals surface area (Å²) in [5, 5.41) is 3.11. The second kappa shape index (κ2) is 4.81. The van der Waals surface area contributed by atoms with E-state index in [0.29, 0.717) is 5.69 Å². The average molecular weight is 194 g/mol. The Kier molecular flexibility index (Phi) is 3.71. The van der Waals surface area contributed by atoms with Crippen molar-refractivity contribution in [3.63, 3.8) is 0 Å². The number of pyridine rings is 1. The van der Waals surface area contributed by atoms with Crippen LogP contribution >= 0.6 is 0 Å². The fourth-order valence-corrected chi connectivity index (χ4v) is 1.37. The van der Waals surface area contributed by atoms with Gasteiger partial charge in [0.05, 0.1) is 11.9 Å². The van der Waals surface area contributed by atoms with Crippen LogP contribution in [0.25, 0.3) is 0 Å².